The van der Waals surface area contributed by atoms with Crippen molar-refractivity contribution in [2.75, 3.05) is 11.9 Å². The van der Waals surface area contributed by atoms with Crippen molar-refractivity contribution < 1.29 is 9.15 Å². The van der Waals surface area contributed by atoms with E-state index in [1.807, 2.05) is 61.5 Å². The molecule has 3 rings (SSSR count). The molecule has 0 radical (unpaired) electrons. The van der Waals surface area contributed by atoms with Gasteiger partial charge in [0.15, 0.2) is 5.58 Å². The van der Waals surface area contributed by atoms with E-state index in [0.717, 1.165) is 16.8 Å². The van der Waals surface area contributed by atoms with E-state index in [-0.39, 0.29) is 6.10 Å². The Bertz CT molecular complexity index is 646. The molecule has 4 heteroatoms. The lowest BCUT2D eigenvalue weighted by molar-refractivity contribution is 0.234. The number of oxazole rings is 1. The summed E-state index contributed by atoms with van der Waals surface area (Å²) >= 11 is 0. The molecule has 0 fully saturated rings. The zero-order chi connectivity index (χ0) is 13.8. The molecule has 1 atom stereocenters. The van der Waals surface area contributed by atoms with Crippen molar-refractivity contribution in [1.82, 2.24) is 4.98 Å². The highest BCUT2D eigenvalue weighted by Gasteiger charge is 2.07. The smallest absolute Gasteiger partial charge is 0.295 e. The fourth-order valence-electron chi connectivity index (χ4n) is 1.95. The molecule has 20 heavy (non-hydrogen) atoms. The molecule has 0 aliphatic carbocycles. The highest BCUT2D eigenvalue weighted by molar-refractivity contribution is 5.74. The van der Waals surface area contributed by atoms with Crippen LogP contribution in [-0.2, 0) is 0 Å². The molecule has 1 heterocycles. The number of benzene rings is 2. The monoisotopic (exact) mass is 268 g/mol. The summed E-state index contributed by atoms with van der Waals surface area (Å²) in [6.45, 7) is 2.63. The third kappa shape index (κ3) is 2.91. The third-order valence-electron chi connectivity index (χ3n) is 2.92. The number of rotatable bonds is 5. The topological polar surface area (TPSA) is 47.3 Å². The first-order valence-electron chi connectivity index (χ1n) is 6.62. The number of anilines is 1. The summed E-state index contributed by atoms with van der Waals surface area (Å²) in [5.74, 6) is 0.861. The molecule has 102 valence electrons. The summed E-state index contributed by atoms with van der Waals surface area (Å²) in [6, 6.07) is 18.0. The van der Waals surface area contributed by atoms with Crippen molar-refractivity contribution in [3.05, 3.63) is 54.6 Å². The number of ether oxygens (including phenoxy) is 1. The lowest BCUT2D eigenvalue weighted by Crippen LogP contribution is -2.22. The second-order valence-electron chi connectivity index (χ2n) is 4.61. The van der Waals surface area contributed by atoms with Gasteiger partial charge in [0.2, 0.25) is 0 Å². The zero-order valence-corrected chi connectivity index (χ0v) is 11.2. The minimum atomic E-state index is 0.0208. The SMILES string of the molecule is CC(CNc1nc2ccccc2o1)Oc1ccccc1. The van der Waals surface area contributed by atoms with E-state index < -0.39 is 0 Å². The first-order chi connectivity index (χ1) is 9.81. The summed E-state index contributed by atoms with van der Waals surface area (Å²) in [7, 11) is 0. The Balaban J connectivity index is 1.58. The second kappa shape index (κ2) is 5.65. The van der Waals surface area contributed by atoms with Crippen molar-refractivity contribution in [1.29, 1.82) is 0 Å². The largest absolute Gasteiger partial charge is 0.489 e. The summed E-state index contributed by atoms with van der Waals surface area (Å²) in [4.78, 5) is 4.36. The molecule has 0 saturated carbocycles. The van der Waals surface area contributed by atoms with Crippen LogP contribution in [-0.4, -0.2) is 17.6 Å². The Labute approximate surface area is 117 Å². The van der Waals surface area contributed by atoms with Gasteiger partial charge in [-0.1, -0.05) is 30.3 Å². The van der Waals surface area contributed by atoms with E-state index in [0.29, 0.717) is 12.6 Å². The van der Waals surface area contributed by atoms with Crippen LogP contribution >= 0.6 is 0 Å². The number of fused-ring (bicyclic) bond motifs is 1. The van der Waals surface area contributed by atoms with Crippen LogP contribution in [0.4, 0.5) is 6.01 Å². The van der Waals surface area contributed by atoms with Crippen LogP contribution in [0, 0.1) is 0 Å². The number of hydrogen-bond acceptors (Lipinski definition) is 4. The van der Waals surface area contributed by atoms with Crippen molar-refractivity contribution in [3.63, 3.8) is 0 Å². The van der Waals surface area contributed by atoms with Crippen molar-refractivity contribution in [2.24, 2.45) is 0 Å². The first-order valence-corrected chi connectivity index (χ1v) is 6.62. The quantitative estimate of drug-likeness (QED) is 0.766. The van der Waals surface area contributed by atoms with Gasteiger partial charge in [0, 0.05) is 0 Å². The number of aromatic nitrogens is 1. The molecule has 4 nitrogen and oxygen atoms in total. The van der Waals surface area contributed by atoms with Gasteiger partial charge in [0.05, 0.1) is 6.54 Å². The van der Waals surface area contributed by atoms with Crippen LogP contribution < -0.4 is 10.1 Å². The van der Waals surface area contributed by atoms with Gasteiger partial charge in [-0.15, -0.1) is 0 Å². The molecule has 0 amide bonds. The van der Waals surface area contributed by atoms with Gasteiger partial charge in [-0.2, -0.15) is 4.98 Å². The Hall–Kier alpha value is -2.49. The minimum absolute atomic E-state index is 0.0208. The van der Waals surface area contributed by atoms with E-state index in [1.165, 1.54) is 0 Å². The molecule has 0 spiro atoms. The average Bonchev–Trinajstić information content (AvgIpc) is 2.89. The van der Waals surface area contributed by atoms with Crippen LogP contribution in [0.2, 0.25) is 0 Å². The normalized spacial score (nSPS) is 12.2. The maximum Gasteiger partial charge on any atom is 0.295 e. The maximum atomic E-state index is 5.78. The summed E-state index contributed by atoms with van der Waals surface area (Å²) in [5.41, 5.74) is 1.64. The van der Waals surface area contributed by atoms with Gasteiger partial charge in [-0.05, 0) is 31.2 Å². The van der Waals surface area contributed by atoms with Crippen LogP contribution in [0.1, 0.15) is 6.92 Å². The summed E-state index contributed by atoms with van der Waals surface area (Å²) < 4.78 is 11.4. The Kier molecular flexibility index (Phi) is 3.54. The van der Waals surface area contributed by atoms with Crippen LogP contribution in [0.15, 0.2) is 59.0 Å². The number of nitrogens with zero attached hydrogens (tertiary/aromatic N) is 1. The van der Waals surface area contributed by atoms with Gasteiger partial charge in [0.25, 0.3) is 6.01 Å². The highest BCUT2D eigenvalue weighted by atomic mass is 16.5. The summed E-state index contributed by atoms with van der Waals surface area (Å²) in [6.07, 6.45) is 0.0208. The molecule has 0 aliphatic rings. The van der Waals surface area contributed by atoms with Gasteiger partial charge in [-0.25, -0.2) is 0 Å². The van der Waals surface area contributed by atoms with Crippen LogP contribution in [0.3, 0.4) is 0 Å². The molecule has 1 unspecified atom stereocenters. The van der Waals surface area contributed by atoms with Crippen molar-refractivity contribution in [3.8, 4) is 5.75 Å². The Morgan fingerprint density at radius 3 is 2.65 bits per heavy atom. The first kappa shape index (κ1) is 12.5. The Morgan fingerprint density at radius 1 is 1.10 bits per heavy atom. The van der Waals surface area contributed by atoms with Gasteiger partial charge in [-0.3, -0.25) is 0 Å². The van der Waals surface area contributed by atoms with Crippen LogP contribution in [0.5, 0.6) is 5.75 Å². The number of nitrogens with one attached hydrogen (secondary N) is 1. The van der Waals surface area contributed by atoms with E-state index in [9.17, 15) is 0 Å². The van der Waals surface area contributed by atoms with Crippen molar-refractivity contribution in [2.45, 2.75) is 13.0 Å². The molecule has 2 aromatic carbocycles. The molecular weight excluding hydrogens is 252 g/mol. The second-order valence-corrected chi connectivity index (χ2v) is 4.61. The molecule has 0 saturated heterocycles. The maximum absolute atomic E-state index is 5.78. The molecule has 0 aliphatic heterocycles. The minimum Gasteiger partial charge on any atom is -0.489 e. The number of hydrogen-bond donors (Lipinski definition) is 1. The average molecular weight is 268 g/mol. The molecular formula is C16H16N2O2. The number of para-hydroxylation sites is 3. The van der Waals surface area contributed by atoms with E-state index in [2.05, 4.69) is 10.3 Å². The van der Waals surface area contributed by atoms with E-state index in [4.69, 9.17) is 9.15 Å². The summed E-state index contributed by atoms with van der Waals surface area (Å²) in [5, 5.41) is 3.15. The molecule has 0 bridgehead atoms. The predicted molar refractivity (Wildman–Crippen MR) is 79.0 cm³/mol. The Morgan fingerprint density at radius 2 is 1.85 bits per heavy atom. The lowest BCUT2D eigenvalue weighted by Gasteiger charge is -2.14. The third-order valence-corrected chi connectivity index (χ3v) is 2.92. The van der Waals surface area contributed by atoms with Crippen molar-refractivity contribution >= 4 is 17.1 Å². The fourth-order valence-corrected chi connectivity index (χ4v) is 1.95. The van der Waals surface area contributed by atoms with E-state index in [1.54, 1.807) is 0 Å². The van der Waals surface area contributed by atoms with Gasteiger partial charge >= 0.3 is 0 Å². The van der Waals surface area contributed by atoms with Crippen LogP contribution in [0.25, 0.3) is 11.1 Å². The molecule has 1 N–H and O–H groups in total. The lowest BCUT2D eigenvalue weighted by atomic mass is 10.3. The van der Waals surface area contributed by atoms with Gasteiger partial charge in [0.1, 0.15) is 17.4 Å². The van der Waals surface area contributed by atoms with Gasteiger partial charge < -0.3 is 14.5 Å². The fraction of sp³-hybridized carbons (Fsp3) is 0.188. The standard InChI is InChI=1S/C16H16N2O2/c1-12(19-13-7-3-2-4-8-13)11-17-16-18-14-9-5-6-10-15(14)20-16/h2-10,12H,11H2,1H3,(H,17,18). The zero-order valence-electron chi connectivity index (χ0n) is 11.2. The highest BCUT2D eigenvalue weighted by Crippen LogP contribution is 2.18. The predicted octanol–water partition coefficient (Wildman–Crippen LogP) is 3.71. The molecule has 1 aromatic heterocycles. The molecule has 3 aromatic rings. The van der Waals surface area contributed by atoms with E-state index >= 15 is 0 Å².